The molecule has 0 aromatic carbocycles. The minimum Gasteiger partial charge on any atom is -0.447 e. The summed E-state index contributed by atoms with van der Waals surface area (Å²) >= 11 is 0. The molecule has 0 heterocycles. The lowest BCUT2D eigenvalue weighted by Gasteiger charge is -2.10. The van der Waals surface area contributed by atoms with Gasteiger partial charge in [0.1, 0.15) is 6.61 Å². The van der Waals surface area contributed by atoms with Crippen molar-refractivity contribution >= 4 is 6.09 Å². The molecule has 0 saturated heterocycles. The van der Waals surface area contributed by atoms with Gasteiger partial charge in [0.15, 0.2) is 0 Å². The standard InChI is InChI=1S/C8H17NO4/c1-9(2)8(10)13-7-6-12-5-4-11-3/h4-7H2,1-3H3. The van der Waals surface area contributed by atoms with E-state index in [0.29, 0.717) is 19.8 Å². The molecule has 1 amide bonds. The van der Waals surface area contributed by atoms with Gasteiger partial charge < -0.3 is 19.1 Å². The van der Waals surface area contributed by atoms with Crippen molar-refractivity contribution in [2.45, 2.75) is 0 Å². The van der Waals surface area contributed by atoms with Crippen LogP contribution < -0.4 is 0 Å². The van der Waals surface area contributed by atoms with Crippen molar-refractivity contribution in [3.63, 3.8) is 0 Å². The van der Waals surface area contributed by atoms with Crippen LogP contribution in [0.5, 0.6) is 0 Å². The Morgan fingerprint density at radius 2 is 1.77 bits per heavy atom. The van der Waals surface area contributed by atoms with Crippen LogP contribution in [0.4, 0.5) is 4.79 Å². The number of hydrogen-bond donors (Lipinski definition) is 0. The van der Waals surface area contributed by atoms with Crippen LogP contribution in [0.2, 0.25) is 0 Å². The second-order valence-electron chi connectivity index (χ2n) is 2.61. The van der Waals surface area contributed by atoms with Crippen molar-refractivity contribution in [1.29, 1.82) is 0 Å². The first-order valence-electron chi connectivity index (χ1n) is 4.09. The summed E-state index contributed by atoms with van der Waals surface area (Å²) in [4.78, 5) is 12.2. The highest BCUT2D eigenvalue weighted by atomic mass is 16.6. The molecule has 0 aromatic rings. The van der Waals surface area contributed by atoms with Crippen LogP contribution in [0.15, 0.2) is 0 Å². The average Bonchev–Trinajstić information content (AvgIpc) is 2.10. The van der Waals surface area contributed by atoms with Crippen molar-refractivity contribution < 1.29 is 19.0 Å². The maximum Gasteiger partial charge on any atom is 0.409 e. The third-order valence-electron chi connectivity index (χ3n) is 1.25. The molecule has 0 unspecified atom stereocenters. The summed E-state index contributed by atoms with van der Waals surface area (Å²) in [5.74, 6) is 0. The fourth-order valence-corrected chi connectivity index (χ4v) is 0.561. The second kappa shape index (κ2) is 7.82. The molecule has 0 saturated carbocycles. The van der Waals surface area contributed by atoms with Gasteiger partial charge in [-0.05, 0) is 0 Å². The molecule has 0 aliphatic rings. The van der Waals surface area contributed by atoms with Gasteiger partial charge in [0, 0.05) is 21.2 Å². The van der Waals surface area contributed by atoms with E-state index >= 15 is 0 Å². The first-order chi connectivity index (χ1) is 6.18. The zero-order valence-electron chi connectivity index (χ0n) is 8.41. The summed E-state index contributed by atoms with van der Waals surface area (Å²) in [6.07, 6.45) is -0.352. The van der Waals surface area contributed by atoms with Crippen molar-refractivity contribution in [3.05, 3.63) is 0 Å². The van der Waals surface area contributed by atoms with Gasteiger partial charge in [-0.3, -0.25) is 0 Å². The quantitative estimate of drug-likeness (QED) is 0.568. The number of carbonyl (C=O) groups excluding carboxylic acids is 1. The van der Waals surface area contributed by atoms with E-state index in [1.54, 1.807) is 21.2 Å². The van der Waals surface area contributed by atoms with Crippen molar-refractivity contribution in [2.24, 2.45) is 0 Å². The number of methoxy groups -OCH3 is 1. The molecule has 0 spiro atoms. The molecule has 0 radical (unpaired) electrons. The van der Waals surface area contributed by atoms with Gasteiger partial charge in [-0.1, -0.05) is 0 Å². The number of ether oxygens (including phenoxy) is 3. The topological polar surface area (TPSA) is 48.0 Å². The lowest BCUT2D eigenvalue weighted by Crippen LogP contribution is -2.24. The van der Waals surface area contributed by atoms with Crippen LogP contribution in [0.25, 0.3) is 0 Å². The normalized spacial score (nSPS) is 9.77. The van der Waals surface area contributed by atoms with Crippen LogP contribution in [-0.2, 0) is 14.2 Å². The maximum atomic E-state index is 10.9. The number of rotatable bonds is 6. The third-order valence-corrected chi connectivity index (χ3v) is 1.25. The van der Waals surface area contributed by atoms with Gasteiger partial charge in [-0.15, -0.1) is 0 Å². The van der Waals surface area contributed by atoms with Crippen LogP contribution >= 0.6 is 0 Å². The van der Waals surface area contributed by atoms with Gasteiger partial charge in [0.25, 0.3) is 0 Å². The van der Waals surface area contributed by atoms with E-state index in [-0.39, 0.29) is 12.7 Å². The molecule has 0 aliphatic heterocycles. The highest BCUT2D eigenvalue weighted by Gasteiger charge is 2.02. The summed E-state index contributed by atoms with van der Waals surface area (Å²) in [6.45, 7) is 1.77. The largest absolute Gasteiger partial charge is 0.447 e. The minimum atomic E-state index is -0.352. The molecular weight excluding hydrogens is 174 g/mol. The van der Waals surface area contributed by atoms with E-state index in [0.717, 1.165) is 0 Å². The van der Waals surface area contributed by atoms with E-state index in [4.69, 9.17) is 14.2 Å². The summed E-state index contributed by atoms with van der Waals surface area (Å²) < 4.78 is 14.7. The molecule has 0 bridgehead atoms. The Morgan fingerprint density at radius 1 is 1.15 bits per heavy atom. The Balaban J connectivity index is 3.12. The molecule has 0 aliphatic carbocycles. The molecule has 5 nitrogen and oxygen atoms in total. The molecule has 13 heavy (non-hydrogen) atoms. The Kier molecular flexibility index (Phi) is 7.33. The SMILES string of the molecule is COCCOCCOC(=O)N(C)C. The lowest BCUT2D eigenvalue weighted by molar-refractivity contribution is 0.0366. The highest BCUT2D eigenvalue weighted by molar-refractivity contribution is 5.66. The highest BCUT2D eigenvalue weighted by Crippen LogP contribution is 1.86. The van der Waals surface area contributed by atoms with Crippen LogP contribution in [0, 0.1) is 0 Å². The third kappa shape index (κ3) is 7.55. The van der Waals surface area contributed by atoms with Crippen molar-refractivity contribution in [3.8, 4) is 0 Å². The van der Waals surface area contributed by atoms with Gasteiger partial charge in [-0.2, -0.15) is 0 Å². The smallest absolute Gasteiger partial charge is 0.409 e. The molecular formula is C8H17NO4. The van der Waals surface area contributed by atoms with Crippen LogP contribution in [0.1, 0.15) is 0 Å². The number of hydrogen-bond acceptors (Lipinski definition) is 4. The van der Waals surface area contributed by atoms with E-state index < -0.39 is 0 Å². The predicted molar refractivity (Wildman–Crippen MR) is 47.7 cm³/mol. The molecule has 78 valence electrons. The fraction of sp³-hybridized carbons (Fsp3) is 0.875. The zero-order chi connectivity index (χ0) is 10.1. The van der Waals surface area contributed by atoms with E-state index in [1.807, 2.05) is 0 Å². The van der Waals surface area contributed by atoms with Gasteiger partial charge in [0.05, 0.1) is 19.8 Å². The molecule has 0 rings (SSSR count). The predicted octanol–water partition coefficient (Wildman–Crippen LogP) is 0.348. The summed E-state index contributed by atoms with van der Waals surface area (Å²) in [7, 11) is 4.87. The van der Waals surface area contributed by atoms with Gasteiger partial charge >= 0.3 is 6.09 Å². The molecule has 0 aromatic heterocycles. The summed E-state index contributed by atoms with van der Waals surface area (Å²) in [5, 5.41) is 0. The molecule has 0 N–H and O–H groups in total. The van der Waals surface area contributed by atoms with Crippen LogP contribution in [0.3, 0.4) is 0 Å². The minimum absolute atomic E-state index is 0.278. The maximum absolute atomic E-state index is 10.9. The Morgan fingerprint density at radius 3 is 2.31 bits per heavy atom. The van der Waals surface area contributed by atoms with E-state index in [1.165, 1.54) is 4.90 Å². The Bertz CT molecular complexity index is 138. The molecule has 0 fully saturated rings. The summed E-state index contributed by atoms with van der Waals surface area (Å²) in [5.41, 5.74) is 0. The number of carbonyl (C=O) groups is 1. The van der Waals surface area contributed by atoms with Gasteiger partial charge in [-0.25, -0.2) is 4.79 Å². The van der Waals surface area contributed by atoms with Gasteiger partial charge in [0.2, 0.25) is 0 Å². The van der Waals surface area contributed by atoms with Crippen LogP contribution in [-0.4, -0.2) is 58.6 Å². The lowest BCUT2D eigenvalue weighted by atomic mass is 10.7. The first kappa shape index (κ1) is 12.2. The second-order valence-corrected chi connectivity index (χ2v) is 2.61. The number of amides is 1. The average molecular weight is 191 g/mol. The van der Waals surface area contributed by atoms with E-state index in [2.05, 4.69) is 0 Å². The molecule has 5 heteroatoms. The van der Waals surface area contributed by atoms with Crippen molar-refractivity contribution in [1.82, 2.24) is 4.90 Å². The Labute approximate surface area is 78.6 Å². The van der Waals surface area contributed by atoms with Crippen molar-refractivity contribution in [2.75, 3.05) is 47.6 Å². The fourth-order valence-electron chi connectivity index (χ4n) is 0.561. The Hall–Kier alpha value is -0.810. The number of nitrogens with zero attached hydrogens (tertiary/aromatic N) is 1. The molecule has 0 atom stereocenters. The van der Waals surface area contributed by atoms with E-state index in [9.17, 15) is 4.79 Å². The monoisotopic (exact) mass is 191 g/mol. The zero-order valence-corrected chi connectivity index (χ0v) is 8.41. The first-order valence-corrected chi connectivity index (χ1v) is 4.09. The summed E-state index contributed by atoms with van der Waals surface area (Å²) in [6, 6.07) is 0.